The lowest BCUT2D eigenvalue weighted by molar-refractivity contribution is -0.0464. The van der Waals surface area contributed by atoms with Crippen LogP contribution in [0.15, 0.2) is 24.3 Å². The maximum absolute atomic E-state index is 11.5. The first-order valence-electron chi connectivity index (χ1n) is 6.77. The van der Waals surface area contributed by atoms with Crippen molar-refractivity contribution in [2.45, 2.75) is 20.0 Å². The predicted octanol–water partition coefficient (Wildman–Crippen LogP) is 1.99. The average Bonchev–Trinajstić information content (AvgIpc) is 2.45. The van der Waals surface area contributed by atoms with Crippen molar-refractivity contribution in [3.05, 3.63) is 29.8 Å². The summed E-state index contributed by atoms with van der Waals surface area (Å²) in [6.07, 6.45) is 0.0775. The van der Waals surface area contributed by atoms with Crippen molar-refractivity contribution in [2.24, 2.45) is 0 Å². The quantitative estimate of drug-likeness (QED) is 0.762. The number of likely N-dealkylation sites (N-methyl/N-ethyl adjacent to an activating group) is 1. The number of para-hydroxylation sites is 1. The van der Waals surface area contributed by atoms with E-state index in [1.807, 2.05) is 18.2 Å². The molecule has 1 aromatic rings. The van der Waals surface area contributed by atoms with E-state index in [0.29, 0.717) is 17.9 Å². The molecule has 0 aromatic heterocycles. The van der Waals surface area contributed by atoms with Crippen molar-refractivity contribution in [2.75, 3.05) is 32.8 Å². The summed E-state index contributed by atoms with van der Waals surface area (Å²) < 4.78 is 11.4. The van der Waals surface area contributed by atoms with E-state index in [0.717, 1.165) is 26.2 Å². The third-order valence-electron chi connectivity index (χ3n) is 3.36. The van der Waals surface area contributed by atoms with Crippen LogP contribution < -0.4 is 4.74 Å². The van der Waals surface area contributed by atoms with E-state index in [4.69, 9.17) is 9.47 Å². The Kier molecular flexibility index (Phi) is 4.93. The van der Waals surface area contributed by atoms with Crippen molar-refractivity contribution in [1.82, 2.24) is 4.90 Å². The molecular weight excluding hydrogens is 242 g/mol. The molecule has 1 aliphatic rings. The van der Waals surface area contributed by atoms with Crippen molar-refractivity contribution in [1.29, 1.82) is 0 Å². The van der Waals surface area contributed by atoms with Crippen LogP contribution in [0.1, 0.15) is 24.2 Å². The topological polar surface area (TPSA) is 38.8 Å². The molecule has 104 valence electrons. The van der Waals surface area contributed by atoms with Gasteiger partial charge in [0.1, 0.15) is 18.5 Å². The molecule has 1 unspecified atom stereocenters. The van der Waals surface area contributed by atoms with Gasteiger partial charge in [-0.3, -0.25) is 9.69 Å². The summed E-state index contributed by atoms with van der Waals surface area (Å²) in [5, 5.41) is 0. The first kappa shape index (κ1) is 14.0. The predicted molar refractivity (Wildman–Crippen MR) is 73.8 cm³/mol. The van der Waals surface area contributed by atoms with E-state index in [1.165, 1.54) is 0 Å². The Morgan fingerprint density at radius 2 is 2.26 bits per heavy atom. The molecule has 1 aliphatic heterocycles. The Labute approximate surface area is 114 Å². The van der Waals surface area contributed by atoms with Gasteiger partial charge >= 0.3 is 0 Å². The van der Waals surface area contributed by atoms with E-state index in [1.54, 1.807) is 13.0 Å². The zero-order valence-corrected chi connectivity index (χ0v) is 11.6. The molecule has 4 heteroatoms. The minimum Gasteiger partial charge on any atom is -0.490 e. The molecular formula is C15H21NO3. The van der Waals surface area contributed by atoms with E-state index < -0.39 is 0 Å². The van der Waals surface area contributed by atoms with Gasteiger partial charge in [-0.2, -0.15) is 0 Å². The van der Waals surface area contributed by atoms with Crippen LogP contribution in [0.25, 0.3) is 0 Å². The number of hydrogen-bond donors (Lipinski definition) is 0. The van der Waals surface area contributed by atoms with Gasteiger partial charge in [0.2, 0.25) is 0 Å². The fraction of sp³-hybridized carbons (Fsp3) is 0.533. The molecule has 0 radical (unpaired) electrons. The molecule has 0 amide bonds. The number of morpholine rings is 1. The smallest absolute Gasteiger partial charge is 0.163 e. The summed E-state index contributed by atoms with van der Waals surface area (Å²) in [6, 6.07) is 7.34. The van der Waals surface area contributed by atoms with E-state index in [-0.39, 0.29) is 11.9 Å². The fourth-order valence-corrected chi connectivity index (χ4v) is 2.23. The third kappa shape index (κ3) is 3.78. The first-order chi connectivity index (χ1) is 9.20. The maximum Gasteiger partial charge on any atom is 0.163 e. The zero-order chi connectivity index (χ0) is 13.7. The monoisotopic (exact) mass is 263 g/mol. The van der Waals surface area contributed by atoms with E-state index in [2.05, 4.69) is 11.8 Å². The van der Waals surface area contributed by atoms with Crippen LogP contribution in [0.4, 0.5) is 0 Å². The van der Waals surface area contributed by atoms with Gasteiger partial charge in [-0.25, -0.2) is 0 Å². The van der Waals surface area contributed by atoms with Crippen molar-refractivity contribution < 1.29 is 14.3 Å². The summed E-state index contributed by atoms with van der Waals surface area (Å²) in [5.41, 5.74) is 0.630. The van der Waals surface area contributed by atoms with Crippen molar-refractivity contribution in [3.63, 3.8) is 0 Å². The van der Waals surface area contributed by atoms with E-state index >= 15 is 0 Å². The summed E-state index contributed by atoms with van der Waals surface area (Å²) in [5.74, 6) is 0.669. The lowest BCUT2D eigenvalue weighted by atomic mass is 10.1. The van der Waals surface area contributed by atoms with Gasteiger partial charge in [0, 0.05) is 13.1 Å². The molecule has 4 nitrogen and oxygen atoms in total. The number of carbonyl (C=O) groups excluding carboxylic acids is 1. The lowest BCUT2D eigenvalue weighted by Crippen LogP contribution is -2.44. The molecule has 1 aromatic carbocycles. The SMILES string of the molecule is CCN1CCOC(COc2ccccc2C(C)=O)C1. The summed E-state index contributed by atoms with van der Waals surface area (Å²) in [7, 11) is 0. The molecule has 0 bridgehead atoms. The van der Waals surface area contributed by atoms with Crippen molar-refractivity contribution >= 4 is 5.78 Å². The minimum absolute atomic E-state index is 0.0235. The van der Waals surface area contributed by atoms with Gasteiger partial charge in [0.25, 0.3) is 0 Å². The molecule has 19 heavy (non-hydrogen) atoms. The summed E-state index contributed by atoms with van der Waals surface area (Å²) in [6.45, 7) is 7.84. The molecule has 0 aliphatic carbocycles. The number of carbonyl (C=O) groups is 1. The van der Waals surface area contributed by atoms with Crippen molar-refractivity contribution in [3.8, 4) is 5.75 Å². The number of Topliss-reactive ketones (excluding diaryl/α,β-unsaturated/α-hetero) is 1. The number of ether oxygens (including phenoxy) is 2. The molecule has 1 atom stereocenters. The van der Waals surface area contributed by atoms with Gasteiger partial charge in [0.05, 0.1) is 12.2 Å². The third-order valence-corrected chi connectivity index (χ3v) is 3.36. The standard InChI is InChI=1S/C15H21NO3/c1-3-16-8-9-18-13(10-16)11-19-15-7-5-4-6-14(15)12(2)17/h4-7,13H,3,8-11H2,1-2H3. The highest BCUT2D eigenvalue weighted by Crippen LogP contribution is 2.19. The first-order valence-corrected chi connectivity index (χ1v) is 6.77. The Balaban J connectivity index is 1.93. The Bertz CT molecular complexity index is 433. The highest BCUT2D eigenvalue weighted by Gasteiger charge is 2.20. The second kappa shape index (κ2) is 6.68. The highest BCUT2D eigenvalue weighted by atomic mass is 16.5. The number of ketones is 1. The second-order valence-electron chi connectivity index (χ2n) is 4.75. The van der Waals surface area contributed by atoms with Crippen LogP contribution in [0.2, 0.25) is 0 Å². The maximum atomic E-state index is 11.5. The Morgan fingerprint density at radius 1 is 1.47 bits per heavy atom. The number of nitrogens with zero attached hydrogens (tertiary/aromatic N) is 1. The lowest BCUT2D eigenvalue weighted by Gasteiger charge is -2.31. The molecule has 1 fully saturated rings. The molecule has 0 N–H and O–H groups in total. The van der Waals surface area contributed by atoms with Crippen LogP contribution in [0.3, 0.4) is 0 Å². The van der Waals surface area contributed by atoms with Gasteiger partial charge in [-0.05, 0) is 25.6 Å². The van der Waals surface area contributed by atoms with Gasteiger partial charge in [-0.1, -0.05) is 19.1 Å². The van der Waals surface area contributed by atoms with Gasteiger partial charge < -0.3 is 9.47 Å². The number of benzene rings is 1. The normalized spacial score (nSPS) is 20.2. The second-order valence-corrected chi connectivity index (χ2v) is 4.75. The molecule has 2 rings (SSSR count). The molecule has 0 spiro atoms. The fourth-order valence-electron chi connectivity index (χ4n) is 2.23. The Hall–Kier alpha value is -1.39. The summed E-state index contributed by atoms with van der Waals surface area (Å²) in [4.78, 5) is 13.8. The van der Waals surface area contributed by atoms with Gasteiger partial charge in [0.15, 0.2) is 5.78 Å². The number of rotatable bonds is 5. The molecule has 0 saturated carbocycles. The van der Waals surface area contributed by atoms with Crippen LogP contribution in [-0.2, 0) is 4.74 Å². The van der Waals surface area contributed by atoms with E-state index in [9.17, 15) is 4.79 Å². The molecule has 1 heterocycles. The number of hydrogen-bond acceptors (Lipinski definition) is 4. The molecule has 1 saturated heterocycles. The average molecular weight is 263 g/mol. The van der Waals surface area contributed by atoms with Crippen LogP contribution in [-0.4, -0.2) is 49.6 Å². The van der Waals surface area contributed by atoms with Crippen LogP contribution in [0.5, 0.6) is 5.75 Å². The Morgan fingerprint density at radius 3 is 3.00 bits per heavy atom. The summed E-state index contributed by atoms with van der Waals surface area (Å²) >= 11 is 0. The zero-order valence-electron chi connectivity index (χ0n) is 11.6. The highest BCUT2D eigenvalue weighted by molar-refractivity contribution is 5.96. The van der Waals surface area contributed by atoms with Crippen LogP contribution >= 0.6 is 0 Å². The largest absolute Gasteiger partial charge is 0.490 e. The van der Waals surface area contributed by atoms with Crippen LogP contribution in [0, 0.1) is 0 Å². The minimum atomic E-state index is 0.0235. The van der Waals surface area contributed by atoms with Gasteiger partial charge in [-0.15, -0.1) is 0 Å².